The Morgan fingerprint density at radius 3 is 2.21 bits per heavy atom. The number of benzene rings is 2. The molecule has 1 fully saturated rings. The molecule has 4 heteroatoms. The molecule has 0 radical (unpaired) electrons. The lowest BCUT2D eigenvalue weighted by atomic mass is 9.76. The van der Waals surface area contributed by atoms with Crippen molar-refractivity contribution in [2.24, 2.45) is 0 Å². The summed E-state index contributed by atoms with van der Waals surface area (Å²) >= 11 is 0. The second kappa shape index (κ2) is 11.7. The summed E-state index contributed by atoms with van der Waals surface area (Å²) in [5.74, 6) is -0.251. The van der Waals surface area contributed by atoms with Crippen LogP contribution in [-0.2, 0) is 13.0 Å². The molecular weight excluding hydrogens is 366 g/mol. The van der Waals surface area contributed by atoms with Crippen LogP contribution in [-0.4, -0.2) is 30.3 Å². The van der Waals surface area contributed by atoms with Gasteiger partial charge in [0.25, 0.3) is 0 Å². The van der Waals surface area contributed by atoms with Crippen LogP contribution in [0.5, 0.6) is 0 Å². The minimum Gasteiger partial charge on any atom is -0.299 e. The number of alkyl halides is 2. The fraction of sp³-hybridized carbons (Fsp3) is 0.480. The average molecular weight is 399 g/mol. The summed E-state index contributed by atoms with van der Waals surface area (Å²) in [6.07, 6.45) is 0.948. The molecule has 0 heterocycles. The summed E-state index contributed by atoms with van der Waals surface area (Å²) in [7, 11) is 2.19. The lowest BCUT2D eigenvalue weighted by Gasteiger charge is -2.34. The topological polar surface area (TPSA) is 27.0 Å². The van der Waals surface area contributed by atoms with Gasteiger partial charge in [-0.3, -0.25) is 4.90 Å². The third-order valence-corrected chi connectivity index (χ3v) is 5.75. The highest BCUT2D eigenvalue weighted by atomic mass is 19.2. The highest BCUT2D eigenvalue weighted by Crippen LogP contribution is 2.41. The molecule has 1 aliphatic carbocycles. The zero-order chi connectivity index (χ0) is 21.2. The maximum Gasteiger partial charge on any atom is 0.138 e. The van der Waals surface area contributed by atoms with Gasteiger partial charge in [-0.25, -0.2) is 8.78 Å². The first-order valence-corrected chi connectivity index (χ1v) is 10.4. The van der Waals surface area contributed by atoms with Gasteiger partial charge in [0.1, 0.15) is 12.3 Å². The van der Waals surface area contributed by atoms with E-state index in [0.717, 1.165) is 31.4 Å². The summed E-state index contributed by atoms with van der Waals surface area (Å²) in [5, 5.41) is 7.32. The molecule has 2 aromatic rings. The molecular formula is C25H32F2N2. The van der Waals surface area contributed by atoms with Crippen LogP contribution < -0.4 is 0 Å². The van der Waals surface area contributed by atoms with Gasteiger partial charge in [-0.05, 0) is 49.4 Å². The highest BCUT2D eigenvalue weighted by Gasteiger charge is 2.42. The predicted molar refractivity (Wildman–Crippen MR) is 115 cm³/mol. The Morgan fingerprint density at radius 1 is 1.07 bits per heavy atom. The van der Waals surface area contributed by atoms with Crippen LogP contribution in [0.1, 0.15) is 55.7 Å². The quantitative estimate of drug-likeness (QED) is 0.527. The number of aryl methyl sites for hydroxylation is 1. The third kappa shape index (κ3) is 6.65. The maximum absolute atomic E-state index is 13.5. The Balaban J connectivity index is 0.000000941. The summed E-state index contributed by atoms with van der Waals surface area (Å²) in [4.78, 5) is 2.42. The van der Waals surface area contributed by atoms with Gasteiger partial charge < -0.3 is 0 Å². The molecule has 29 heavy (non-hydrogen) atoms. The minimum absolute atomic E-state index is 0.251. The van der Waals surface area contributed by atoms with Gasteiger partial charge in [-0.2, -0.15) is 5.26 Å². The molecule has 3 rings (SSSR count). The van der Waals surface area contributed by atoms with E-state index >= 15 is 0 Å². The van der Waals surface area contributed by atoms with Crippen molar-refractivity contribution in [2.45, 2.75) is 70.4 Å². The largest absolute Gasteiger partial charge is 0.299 e. The minimum atomic E-state index is -1.32. The number of halogens is 2. The summed E-state index contributed by atoms with van der Waals surface area (Å²) in [6.45, 7) is 4.63. The molecule has 2 nitrogen and oxygen atoms in total. The molecule has 0 aromatic heterocycles. The SMILES string of the molecule is CC#N.CCC(CCc1ccc(C2CC(F)C2F)cc1)N(C)Cc1ccccc1. The van der Waals surface area contributed by atoms with Crippen molar-refractivity contribution >= 4 is 0 Å². The van der Waals surface area contributed by atoms with E-state index in [-0.39, 0.29) is 5.92 Å². The Hall–Kier alpha value is -2.25. The van der Waals surface area contributed by atoms with Gasteiger partial charge >= 0.3 is 0 Å². The molecule has 1 saturated carbocycles. The number of hydrogen-bond donors (Lipinski definition) is 0. The molecule has 0 N–H and O–H groups in total. The van der Waals surface area contributed by atoms with Crippen LogP contribution in [0.2, 0.25) is 0 Å². The fourth-order valence-electron chi connectivity index (χ4n) is 3.88. The van der Waals surface area contributed by atoms with E-state index in [2.05, 4.69) is 55.3 Å². The number of nitrogens with zero attached hydrogens (tertiary/aromatic N) is 2. The van der Waals surface area contributed by atoms with E-state index in [4.69, 9.17) is 5.26 Å². The maximum atomic E-state index is 13.5. The molecule has 0 saturated heterocycles. The van der Waals surface area contributed by atoms with Gasteiger partial charge in [0.2, 0.25) is 0 Å². The lowest BCUT2D eigenvalue weighted by molar-refractivity contribution is 0.0428. The van der Waals surface area contributed by atoms with Crippen LogP contribution in [0.4, 0.5) is 8.78 Å². The molecule has 4 unspecified atom stereocenters. The highest BCUT2D eigenvalue weighted by molar-refractivity contribution is 5.29. The van der Waals surface area contributed by atoms with Crippen molar-refractivity contribution in [3.8, 4) is 6.07 Å². The van der Waals surface area contributed by atoms with E-state index in [1.807, 2.05) is 18.2 Å². The second-order valence-corrected chi connectivity index (χ2v) is 7.77. The van der Waals surface area contributed by atoms with E-state index in [1.54, 1.807) is 6.07 Å². The molecule has 156 valence electrons. The van der Waals surface area contributed by atoms with Gasteiger partial charge in [0.05, 0.1) is 6.07 Å². The Bertz CT molecular complexity index is 755. The Morgan fingerprint density at radius 2 is 1.69 bits per heavy atom. The molecule has 0 spiro atoms. The van der Waals surface area contributed by atoms with E-state index < -0.39 is 12.3 Å². The van der Waals surface area contributed by atoms with Crippen LogP contribution >= 0.6 is 0 Å². The van der Waals surface area contributed by atoms with Crippen molar-refractivity contribution in [3.05, 3.63) is 71.3 Å². The zero-order valence-corrected chi connectivity index (χ0v) is 17.7. The summed E-state index contributed by atoms with van der Waals surface area (Å²) in [5.41, 5.74) is 3.54. The van der Waals surface area contributed by atoms with E-state index in [9.17, 15) is 8.78 Å². The van der Waals surface area contributed by atoms with Crippen molar-refractivity contribution in [2.75, 3.05) is 7.05 Å². The van der Waals surface area contributed by atoms with Gasteiger partial charge in [-0.1, -0.05) is 61.5 Å². The molecule has 0 bridgehead atoms. The van der Waals surface area contributed by atoms with Crippen LogP contribution in [0, 0.1) is 11.3 Å². The number of rotatable bonds is 8. The van der Waals surface area contributed by atoms with Crippen molar-refractivity contribution in [1.82, 2.24) is 4.90 Å². The van der Waals surface area contributed by atoms with Crippen LogP contribution in [0.3, 0.4) is 0 Å². The van der Waals surface area contributed by atoms with Crippen molar-refractivity contribution < 1.29 is 8.78 Å². The average Bonchev–Trinajstić information content (AvgIpc) is 2.74. The van der Waals surface area contributed by atoms with Crippen LogP contribution in [0.15, 0.2) is 54.6 Å². The van der Waals surface area contributed by atoms with Crippen molar-refractivity contribution in [3.63, 3.8) is 0 Å². The predicted octanol–water partition coefficient (Wildman–Crippen LogP) is 6.22. The molecule has 0 aliphatic heterocycles. The van der Waals surface area contributed by atoms with Crippen LogP contribution in [0.25, 0.3) is 0 Å². The van der Waals surface area contributed by atoms with Gasteiger partial charge in [-0.15, -0.1) is 0 Å². The Kier molecular flexibility index (Phi) is 9.28. The first-order valence-electron chi connectivity index (χ1n) is 10.4. The van der Waals surface area contributed by atoms with E-state index in [1.165, 1.54) is 18.1 Å². The number of nitriles is 1. The first-order chi connectivity index (χ1) is 14.0. The lowest BCUT2D eigenvalue weighted by Crippen LogP contribution is -2.38. The molecule has 1 aliphatic rings. The molecule has 4 atom stereocenters. The van der Waals surface area contributed by atoms with E-state index in [0.29, 0.717) is 12.5 Å². The van der Waals surface area contributed by atoms with Gasteiger partial charge in [0, 0.05) is 25.4 Å². The monoisotopic (exact) mass is 398 g/mol. The molecule has 0 amide bonds. The fourth-order valence-corrected chi connectivity index (χ4v) is 3.88. The zero-order valence-electron chi connectivity index (χ0n) is 17.7. The summed E-state index contributed by atoms with van der Waals surface area (Å²) < 4.78 is 26.6. The second-order valence-electron chi connectivity index (χ2n) is 7.77. The molecule has 2 aromatic carbocycles. The Labute approximate surface area is 174 Å². The number of hydrogen-bond acceptors (Lipinski definition) is 2. The smallest absolute Gasteiger partial charge is 0.138 e. The van der Waals surface area contributed by atoms with Gasteiger partial charge in [0.15, 0.2) is 0 Å². The summed E-state index contributed by atoms with van der Waals surface area (Å²) in [6, 6.07) is 21.0. The standard InChI is InChI=1S/C23H29F2N.C2H3N/c1-3-20(26(2)16-18-7-5-4-6-8-18)14-11-17-9-12-19(13-10-17)21-15-22(24)23(21)25;1-2-3/h4-10,12-13,20-23H,3,11,14-16H2,1-2H3;1H3. The first kappa shape index (κ1) is 23.0. The third-order valence-electron chi connectivity index (χ3n) is 5.75. The normalized spacial score (nSPS) is 21.5. The van der Waals surface area contributed by atoms with Crippen molar-refractivity contribution in [1.29, 1.82) is 5.26 Å².